The fourth-order valence-corrected chi connectivity index (χ4v) is 2.62. The van der Waals surface area contributed by atoms with Crippen molar-refractivity contribution in [3.8, 4) is 0 Å². The molecule has 0 spiro atoms. The van der Waals surface area contributed by atoms with E-state index < -0.39 is 0 Å². The van der Waals surface area contributed by atoms with Crippen LogP contribution in [0.5, 0.6) is 0 Å². The summed E-state index contributed by atoms with van der Waals surface area (Å²) in [4.78, 5) is 1.32. The highest BCUT2D eigenvalue weighted by Crippen LogP contribution is 2.29. The van der Waals surface area contributed by atoms with Crippen LogP contribution in [0.2, 0.25) is 4.34 Å². The summed E-state index contributed by atoms with van der Waals surface area (Å²) in [6, 6.07) is 4.49. The number of rotatable bonds is 6. The van der Waals surface area contributed by atoms with E-state index in [1.165, 1.54) is 11.3 Å². The molecule has 1 aromatic heterocycles. The van der Waals surface area contributed by atoms with Gasteiger partial charge in [-0.05, 0) is 38.4 Å². The van der Waals surface area contributed by atoms with E-state index in [1.54, 1.807) is 11.3 Å². The van der Waals surface area contributed by atoms with E-state index in [4.69, 9.17) is 11.6 Å². The molecule has 3 heteroatoms. The van der Waals surface area contributed by atoms with Gasteiger partial charge in [0, 0.05) is 10.9 Å². The monoisotopic (exact) mass is 229 g/mol. The molecule has 0 aliphatic carbocycles. The fraction of sp³-hybridized carbons (Fsp3) is 0.455. The number of nitrogens with one attached hydrogen (secondary N) is 1. The molecule has 1 N–H and O–H groups in total. The van der Waals surface area contributed by atoms with Crippen LogP contribution in [0.3, 0.4) is 0 Å². The van der Waals surface area contributed by atoms with Crippen molar-refractivity contribution in [2.45, 2.75) is 25.3 Å². The standard InChI is InChI=1S/C11H16ClNS/c1-3-4-5-6-9(13-2)10-7-8-11(12)14-10/h3,7-9,13H,1,4-6H2,2H3. The van der Waals surface area contributed by atoms with Crippen LogP contribution in [0.25, 0.3) is 0 Å². The molecular formula is C11H16ClNS. The minimum atomic E-state index is 0.437. The largest absolute Gasteiger partial charge is 0.312 e. The summed E-state index contributed by atoms with van der Waals surface area (Å²) >= 11 is 7.55. The zero-order valence-electron chi connectivity index (χ0n) is 8.42. The van der Waals surface area contributed by atoms with Crippen molar-refractivity contribution in [3.05, 3.63) is 34.0 Å². The molecule has 0 radical (unpaired) electrons. The second-order valence-corrected chi connectivity index (χ2v) is 4.95. The van der Waals surface area contributed by atoms with Gasteiger partial charge in [0.05, 0.1) is 4.34 Å². The highest BCUT2D eigenvalue weighted by Gasteiger charge is 2.10. The van der Waals surface area contributed by atoms with Crippen molar-refractivity contribution in [2.24, 2.45) is 0 Å². The lowest BCUT2D eigenvalue weighted by Crippen LogP contribution is -2.14. The summed E-state index contributed by atoms with van der Waals surface area (Å²) in [7, 11) is 1.99. The van der Waals surface area contributed by atoms with Gasteiger partial charge in [-0.2, -0.15) is 0 Å². The molecule has 14 heavy (non-hydrogen) atoms. The Bertz CT molecular complexity index is 283. The van der Waals surface area contributed by atoms with Gasteiger partial charge >= 0.3 is 0 Å². The molecule has 0 bridgehead atoms. The first-order valence-electron chi connectivity index (χ1n) is 4.81. The zero-order valence-corrected chi connectivity index (χ0v) is 10.00. The van der Waals surface area contributed by atoms with Crippen LogP contribution < -0.4 is 5.32 Å². The number of hydrogen-bond acceptors (Lipinski definition) is 2. The Balaban J connectivity index is 2.49. The predicted octanol–water partition coefficient (Wildman–Crippen LogP) is 4.02. The predicted molar refractivity (Wildman–Crippen MR) is 65.2 cm³/mol. The van der Waals surface area contributed by atoms with Crippen LogP contribution in [0, 0.1) is 0 Å². The van der Waals surface area contributed by atoms with Gasteiger partial charge in [-0.3, -0.25) is 0 Å². The van der Waals surface area contributed by atoms with Crippen LogP contribution in [0.15, 0.2) is 24.8 Å². The van der Waals surface area contributed by atoms with E-state index in [0.717, 1.165) is 17.2 Å². The average Bonchev–Trinajstić information content (AvgIpc) is 2.60. The van der Waals surface area contributed by atoms with E-state index >= 15 is 0 Å². The minimum Gasteiger partial charge on any atom is -0.312 e. The van der Waals surface area contributed by atoms with Gasteiger partial charge < -0.3 is 5.32 Å². The van der Waals surface area contributed by atoms with Crippen molar-refractivity contribution in [2.75, 3.05) is 7.05 Å². The quantitative estimate of drug-likeness (QED) is 0.574. The summed E-state index contributed by atoms with van der Waals surface area (Å²) in [5.41, 5.74) is 0. The molecule has 1 aromatic rings. The molecule has 0 fully saturated rings. The van der Waals surface area contributed by atoms with Crippen molar-refractivity contribution < 1.29 is 0 Å². The second kappa shape index (κ2) is 6.23. The Morgan fingerprint density at radius 1 is 1.64 bits per heavy atom. The number of allylic oxidation sites excluding steroid dienone is 1. The molecule has 0 amide bonds. The van der Waals surface area contributed by atoms with E-state index in [9.17, 15) is 0 Å². The van der Waals surface area contributed by atoms with Gasteiger partial charge in [0.25, 0.3) is 0 Å². The summed E-state index contributed by atoms with van der Waals surface area (Å²) in [5, 5.41) is 3.31. The normalized spacial score (nSPS) is 12.7. The van der Waals surface area contributed by atoms with Crippen LogP contribution in [0.1, 0.15) is 30.2 Å². The summed E-state index contributed by atoms with van der Waals surface area (Å²) in [6.07, 6.45) is 5.36. The maximum absolute atomic E-state index is 5.90. The number of hydrogen-bond donors (Lipinski definition) is 1. The molecule has 0 saturated heterocycles. The minimum absolute atomic E-state index is 0.437. The smallest absolute Gasteiger partial charge is 0.0931 e. The maximum atomic E-state index is 5.90. The lowest BCUT2D eigenvalue weighted by molar-refractivity contribution is 0.538. The number of thiophene rings is 1. The first kappa shape index (κ1) is 11.8. The lowest BCUT2D eigenvalue weighted by atomic mass is 10.1. The van der Waals surface area contributed by atoms with Crippen molar-refractivity contribution in [1.82, 2.24) is 5.32 Å². The average molecular weight is 230 g/mol. The van der Waals surface area contributed by atoms with E-state index in [1.807, 2.05) is 19.2 Å². The summed E-state index contributed by atoms with van der Waals surface area (Å²) < 4.78 is 0.865. The van der Waals surface area contributed by atoms with Gasteiger partial charge in [0.1, 0.15) is 0 Å². The highest BCUT2D eigenvalue weighted by molar-refractivity contribution is 7.16. The molecule has 78 valence electrons. The molecule has 0 aliphatic heterocycles. The van der Waals surface area contributed by atoms with Gasteiger partial charge in [-0.25, -0.2) is 0 Å². The molecule has 0 aliphatic rings. The topological polar surface area (TPSA) is 12.0 Å². The highest BCUT2D eigenvalue weighted by atomic mass is 35.5. The van der Waals surface area contributed by atoms with Crippen molar-refractivity contribution in [1.29, 1.82) is 0 Å². The molecule has 1 rings (SSSR count). The molecular weight excluding hydrogens is 214 g/mol. The molecule has 0 saturated carbocycles. The van der Waals surface area contributed by atoms with E-state index in [2.05, 4.69) is 18.0 Å². The third-order valence-corrected chi connectivity index (χ3v) is 3.53. The molecule has 1 nitrogen and oxygen atoms in total. The molecule has 1 atom stereocenters. The fourth-order valence-electron chi connectivity index (χ4n) is 1.41. The lowest BCUT2D eigenvalue weighted by Gasteiger charge is -2.13. The first-order valence-corrected chi connectivity index (χ1v) is 6.00. The molecule has 1 unspecified atom stereocenters. The van der Waals surface area contributed by atoms with Gasteiger partial charge in [-0.1, -0.05) is 17.7 Å². The van der Waals surface area contributed by atoms with Gasteiger partial charge in [0.2, 0.25) is 0 Å². The Morgan fingerprint density at radius 2 is 2.43 bits per heavy atom. The second-order valence-electron chi connectivity index (χ2n) is 3.20. The molecule has 1 heterocycles. The Morgan fingerprint density at radius 3 is 2.93 bits per heavy atom. The van der Waals surface area contributed by atoms with Crippen LogP contribution in [-0.2, 0) is 0 Å². The summed E-state index contributed by atoms with van der Waals surface area (Å²) in [6.45, 7) is 3.72. The van der Waals surface area contributed by atoms with Gasteiger partial charge in [-0.15, -0.1) is 17.9 Å². The number of halogens is 1. The number of unbranched alkanes of at least 4 members (excludes halogenated alkanes) is 1. The Labute approximate surface area is 94.8 Å². The van der Waals surface area contributed by atoms with Crippen molar-refractivity contribution >= 4 is 22.9 Å². The third kappa shape index (κ3) is 3.45. The van der Waals surface area contributed by atoms with Crippen LogP contribution in [-0.4, -0.2) is 7.05 Å². The van der Waals surface area contributed by atoms with Crippen LogP contribution in [0.4, 0.5) is 0 Å². The van der Waals surface area contributed by atoms with Crippen LogP contribution >= 0.6 is 22.9 Å². The van der Waals surface area contributed by atoms with E-state index in [-0.39, 0.29) is 0 Å². The SMILES string of the molecule is C=CCCCC(NC)c1ccc(Cl)s1. The molecule has 0 aromatic carbocycles. The van der Waals surface area contributed by atoms with Crippen molar-refractivity contribution in [3.63, 3.8) is 0 Å². The Hall–Kier alpha value is -0.310. The first-order chi connectivity index (χ1) is 6.77. The Kier molecular flexibility index (Phi) is 5.23. The summed E-state index contributed by atoms with van der Waals surface area (Å²) in [5.74, 6) is 0. The zero-order chi connectivity index (χ0) is 10.4. The third-order valence-electron chi connectivity index (χ3n) is 2.19. The van der Waals surface area contributed by atoms with E-state index in [0.29, 0.717) is 6.04 Å². The maximum Gasteiger partial charge on any atom is 0.0931 e. The van der Waals surface area contributed by atoms with Gasteiger partial charge in [0.15, 0.2) is 0 Å².